The molecule has 21 heavy (non-hydrogen) atoms. The van der Waals surface area contributed by atoms with Crippen molar-refractivity contribution in [3.63, 3.8) is 0 Å². The first-order valence-electron chi connectivity index (χ1n) is 7.02. The molecule has 2 heterocycles. The highest BCUT2D eigenvalue weighted by Gasteiger charge is 2.47. The minimum absolute atomic E-state index is 0.325. The van der Waals surface area contributed by atoms with Crippen molar-refractivity contribution in [1.29, 1.82) is 0 Å². The summed E-state index contributed by atoms with van der Waals surface area (Å²) in [6, 6.07) is 12.0. The van der Waals surface area contributed by atoms with Crippen molar-refractivity contribution in [2.75, 3.05) is 0 Å². The smallest absolute Gasteiger partial charge is 0.215 e. The number of fused-ring (bicyclic) bond motifs is 4. The van der Waals surface area contributed by atoms with Crippen LogP contribution in [0.4, 0.5) is 0 Å². The molecule has 4 rings (SSSR count). The average molecular weight is 304 g/mol. The Morgan fingerprint density at radius 1 is 1.05 bits per heavy atom. The molecule has 110 valence electrons. The van der Waals surface area contributed by atoms with E-state index in [4.69, 9.17) is 9.47 Å². The molecule has 5 heteroatoms. The number of ether oxygens (including phenoxy) is 2. The maximum Gasteiger partial charge on any atom is 0.215 e. The summed E-state index contributed by atoms with van der Waals surface area (Å²) in [6.07, 6.45) is -2.73. The molecule has 1 fully saturated rings. The van der Waals surface area contributed by atoms with E-state index in [2.05, 4.69) is 0 Å². The van der Waals surface area contributed by atoms with Gasteiger partial charge in [-0.05, 0) is 23.8 Å². The molecule has 0 aromatic heterocycles. The summed E-state index contributed by atoms with van der Waals surface area (Å²) in [5, 5.41) is 22.2. The molecule has 0 spiro atoms. The van der Waals surface area contributed by atoms with Crippen LogP contribution in [0.5, 0.6) is 5.75 Å². The second-order valence-electron chi connectivity index (χ2n) is 5.51. The van der Waals surface area contributed by atoms with Gasteiger partial charge in [0, 0.05) is 0 Å². The lowest BCUT2D eigenvalue weighted by molar-refractivity contribution is -0.213. The highest BCUT2D eigenvalue weighted by Crippen LogP contribution is 2.47. The summed E-state index contributed by atoms with van der Waals surface area (Å²) in [6.45, 7) is 1.74. The molecule has 4 nitrogen and oxygen atoms in total. The maximum atomic E-state index is 10.3. The Labute approximate surface area is 126 Å². The molecule has 0 radical (unpaired) electrons. The third-order valence-electron chi connectivity index (χ3n) is 4.13. The summed E-state index contributed by atoms with van der Waals surface area (Å²) >= 11 is 1.52. The molecule has 1 saturated heterocycles. The quantitative estimate of drug-likeness (QED) is 0.781. The topological polar surface area (TPSA) is 58.9 Å². The maximum absolute atomic E-state index is 10.3. The van der Waals surface area contributed by atoms with Gasteiger partial charge in [0.25, 0.3) is 0 Å². The average Bonchev–Trinajstić information content (AvgIpc) is 2.51. The van der Waals surface area contributed by atoms with Crippen LogP contribution in [0.2, 0.25) is 0 Å². The Bertz CT molecular complexity index is 689. The molecule has 0 saturated carbocycles. The Hall–Kier alpha value is -1.27. The van der Waals surface area contributed by atoms with E-state index in [9.17, 15) is 10.2 Å². The SMILES string of the molecule is C[C@H]1O[C@@H]2Oc3ccc4ccccc4c3S[C@@H]2[C@@H](O)[C@@H]1O. The van der Waals surface area contributed by atoms with E-state index in [0.717, 1.165) is 21.4 Å². The molecule has 0 amide bonds. The van der Waals surface area contributed by atoms with Gasteiger partial charge in [-0.1, -0.05) is 30.3 Å². The van der Waals surface area contributed by atoms with Crippen molar-refractivity contribution < 1.29 is 19.7 Å². The van der Waals surface area contributed by atoms with Crippen LogP contribution in [0.1, 0.15) is 6.92 Å². The largest absolute Gasteiger partial charge is 0.462 e. The van der Waals surface area contributed by atoms with Crippen LogP contribution >= 0.6 is 11.8 Å². The Morgan fingerprint density at radius 2 is 1.86 bits per heavy atom. The van der Waals surface area contributed by atoms with Crippen molar-refractivity contribution in [3.05, 3.63) is 36.4 Å². The molecular weight excluding hydrogens is 288 g/mol. The minimum Gasteiger partial charge on any atom is -0.462 e. The Kier molecular flexibility index (Phi) is 3.11. The zero-order valence-corrected chi connectivity index (χ0v) is 12.3. The number of hydrogen-bond donors (Lipinski definition) is 2. The zero-order valence-electron chi connectivity index (χ0n) is 11.5. The van der Waals surface area contributed by atoms with Crippen LogP contribution in [0, 0.1) is 0 Å². The Balaban J connectivity index is 1.79. The number of aliphatic hydroxyl groups is 2. The monoisotopic (exact) mass is 304 g/mol. The van der Waals surface area contributed by atoms with Crippen LogP contribution in [-0.4, -0.2) is 40.1 Å². The van der Waals surface area contributed by atoms with Crippen molar-refractivity contribution in [2.24, 2.45) is 0 Å². The number of aliphatic hydroxyl groups excluding tert-OH is 2. The van der Waals surface area contributed by atoms with Gasteiger partial charge in [0.15, 0.2) is 0 Å². The molecule has 0 bridgehead atoms. The van der Waals surface area contributed by atoms with Crippen LogP contribution in [-0.2, 0) is 4.74 Å². The summed E-state index contributed by atoms with van der Waals surface area (Å²) < 4.78 is 11.6. The van der Waals surface area contributed by atoms with Crippen molar-refractivity contribution in [3.8, 4) is 5.75 Å². The van der Waals surface area contributed by atoms with Crippen molar-refractivity contribution in [2.45, 2.75) is 41.7 Å². The summed E-state index contributed by atoms with van der Waals surface area (Å²) in [5.41, 5.74) is 0. The molecular formula is C16H16O4S. The molecule has 5 atom stereocenters. The predicted molar refractivity (Wildman–Crippen MR) is 80.6 cm³/mol. The molecule has 2 aromatic rings. The van der Waals surface area contributed by atoms with E-state index in [-0.39, 0.29) is 5.25 Å². The van der Waals surface area contributed by atoms with E-state index >= 15 is 0 Å². The predicted octanol–water partition coefficient (Wildman–Crippen LogP) is 2.16. The first kappa shape index (κ1) is 13.4. The fourth-order valence-corrected chi connectivity index (χ4v) is 4.27. The molecule has 0 unspecified atom stereocenters. The molecule has 2 N–H and O–H groups in total. The number of thioether (sulfide) groups is 1. The Morgan fingerprint density at radius 3 is 2.71 bits per heavy atom. The van der Waals surface area contributed by atoms with E-state index < -0.39 is 24.6 Å². The molecule has 2 aliphatic rings. The molecule has 2 aliphatic heterocycles. The summed E-state index contributed by atoms with van der Waals surface area (Å²) in [4.78, 5) is 0.999. The lowest BCUT2D eigenvalue weighted by atomic mass is 10.0. The van der Waals surface area contributed by atoms with Gasteiger partial charge >= 0.3 is 0 Å². The van der Waals surface area contributed by atoms with Gasteiger partial charge in [0.2, 0.25) is 6.29 Å². The second-order valence-corrected chi connectivity index (χ2v) is 6.69. The fourth-order valence-electron chi connectivity index (χ4n) is 2.92. The third-order valence-corrected chi connectivity index (χ3v) is 5.56. The highest BCUT2D eigenvalue weighted by molar-refractivity contribution is 8.00. The van der Waals surface area contributed by atoms with Gasteiger partial charge in [-0.3, -0.25) is 0 Å². The zero-order chi connectivity index (χ0) is 14.6. The van der Waals surface area contributed by atoms with E-state index in [1.54, 1.807) is 6.92 Å². The standard InChI is InChI=1S/C16H16O4S/c1-8-12(17)13(18)15-16(19-8)20-11-7-6-9-4-2-3-5-10(9)14(11)21-15/h2-8,12-13,15-18H,1H3/t8-,12-,13+,15-,16-/m1/s1. The second kappa shape index (κ2) is 4.88. The van der Waals surface area contributed by atoms with E-state index in [1.165, 1.54) is 11.8 Å². The van der Waals surface area contributed by atoms with Crippen LogP contribution < -0.4 is 4.74 Å². The van der Waals surface area contributed by atoms with E-state index in [0.29, 0.717) is 0 Å². The van der Waals surface area contributed by atoms with Gasteiger partial charge < -0.3 is 19.7 Å². The van der Waals surface area contributed by atoms with Gasteiger partial charge in [-0.15, -0.1) is 11.8 Å². The van der Waals surface area contributed by atoms with Gasteiger partial charge in [-0.25, -0.2) is 0 Å². The first-order chi connectivity index (χ1) is 10.1. The van der Waals surface area contributed by atoms with Crippen LogP contribution in [0.15, 0.2) is 41.3 Å². The molecule has 2 aromatic carbocycles. The lowest BCUT2D eigenvalue weighted by Gasteiger charge is -2.43. The van der Waals surface area contributed by atoms with Gasteiger partial charge in [0.05, 0.1) is 11.0 Å². The highest BCUT2D eigenvalue weighted by atomic mass is 32.2. The number of benzene rings is 2. The lowest BCUT2D eigenvalue weighted by Crippen LogP contribution is -2.57. The summed E-state index contributed by atoms with van der Waals surface area (Å²) in [7, 11) is 0. The van der Waals surface area contributed by atoms with Gasteiger partial charge in [-0.2, -0.15) is 0 Å². The van der Waals surface area contributed by atoms with Crippen molar-refractivity contribution in [1.82, 2.24) is 0 Å². The van der Waals surface area contributed by atoms with Crippen LogP contribution in [0.25, 0.3) is 10.8 Å². The number of hydrogen-bond acceptors (Lipinski definition) is 5. The first-order valence-corrected chi connectivity index (χ1v) is 7.90. The fraction of sp³-hybridized carbons (Fsp3) is 0.375. The minimum atomic E-state index is -0.890. The van der Waals surface area contributed by atoms with Crippen LogP contribution in [0.3, 0.4) is 0 Å². The van der Waals surface area contributed by atoms with Crippen molar-refractivity contribution >= 4 is 22.5 Å². The normalized spacial score (nSPS) is 34.9. The van der Waals surface area contributed by atoms with E-state index in [1.807, 2.05) is 36.4 Å². The number of rotatable bonds is 0. The third kappa shape index (κ3) is 2.04. The van der Waals surface area contributed by atoms with Gasteiger partial charge in [0.1, 0.15) is 23.2 Å². The summed E-state index contributed by atoms with van der Waals surface area (Å²) in [5.74, 6) is 0.774. The molecule has 0 aliphatic carbocycles.